The number of hydrazine groups is 1. The van der Waals surface area contributed by atoms with Crippen molar-refractivity contribution in [3.05, 3.63) is 124 Å². The third-order valence-corrected chi connectivity index (χ3v) is 23.2. The van der Waals surface area contributed by atoms with Gasteiger partial charge >= 0.3 is 24.2 Å². The summed E-state index contributed by atoms with van der Waals surface area (Å²) >= 11 is 6.84. The Hall–Kier alpha value is -9.30. The lowest BCUT2D eigenvalue weighted by Gasteiger charge is -2.42. The first kappa shape index (κ1) is 106. The van der Waals surface area contributed by atoms with Crippen molar-refractivity contribution in [3.63, 3.8) is 0 Å². The highest BCUT2D eigenvalue weighted by Gasteiger charge is 2.64. The molecule has 4 bridgehead atoms. The van der Waals surface area contributed by atoms with E-state index < -0.39 is 102 Å². The lowest BCUT2D eigenvalue weighted by molar-refractivity contribution is -0.162. The number of rotatable bonds is 51. The summed E-state index contributed by atoms with van der Waals surface area (Å²) in [5, 5.41) is 26.0. The molecule has 3 aromatic carbocycles. The lowest BCUT2D eigenvalue weighted by atomic mass is 9.83. The first-order valence-corrected chi connectivity index (χ1v) is 44.3. The van der Waals surface area contributed by atoms with E-state index in [4.69, 9.17) is 69.4 Å². The minimum Gasteiger partial charge on any atom is -0.457 e. The molecule has 7 rings (SSSR count). The van der Waals surface area contributed by atoms with E-state index in [1.54, 1.807) is 64.2 Å². The molecule has 2 saturated heterocycles. The number of ketones is 3. The van der Waals surface area contributed by atoms with Gasteiger partial charge in [0.05, 0.1) is 108 Å². The van der Waals surface area contributed by atoms with Gasteiger partial charge in [0.1, 0.15) is 42.3 Å². The SMILES string of the molecule is CCC(=O)C[C@H](C(=O)N[C@@H](CCCNC(N)=O)C(=O)Cc1ccc(COC(=O)N(C)CCCC(=O)N(C)[C@@H](C)C(=O)O[C@H]2CC(=O)N(C)c3cc(cc(C)c3Cl)C/C(C)=C/C=C/[C@@H](OC)[C@]3(O)C[C@H](OC(=O)N3)[C@@H](C)C3O[C@]32C)cc1)C(C)C.CCOCCOCCOCCOCCOCCOCCCC(=O)CNC(=O)CCn1c(CN(C)NC)cc2ccccc21. The van der Waals surface area contributed by atoms with Crippen molar-refractivity contribution in [2.75, 3.05) is 146 Å². The van der Waals surface area contributed by atoms with Crippen LogP contribution in [-0.2, 0) is 123 Å². The number of carbonyl (C=O) groups is 11. The molecule has 3 aliphatic rings. The Bertz CT molecular complexity index is 4280. The molecule has 0 saturated carbocycles. The van der Waals surface area contributed by atoms with Gasteiger partial charge in [0.2, 0.25) is 23.6 Å². The normalized spacial score (nSPS) is 20.1. The molecule has 8 N–H and O–H groups in total. The molecule has 3 aliphatic heterocycles. The largest absolute Gasteiger partial charge is 0.457 e. The number of primary amides is 1. The van der Waals surface area contributed by atoms with Crippen LogP contribution < -0.4 is 37.3 Å². The monoisotopic (exact) mass is 1800 g/mol. The number of hydrogen-bond donors (Lipinski definition) is 7. The second-order valence-electron chi connectivity index (χ2n) is 32.9. The van der Waals surface area contributed by atoms with Crippen LogP contribution >= 0.6 is 11.6 Å². The zero-order valence-electron chi connectivity index (χ0n) is 76.8. The number of aromatic nitrogens is 1. The number of nitrogens with two attached hydrogens (primary N) is 1. The third-order valence-electron chi connectivity index (χ3n) is 22.7. The summed E-state index contributed by atoms with van der Waals surface area (Å²) in [4.78, 5) is 147. The molecule has 35 heteroatoms. The van der Waals surface area contributed by atoms with Crippen LogP contribution in [0, 0.1) is 24.7 Å². The van der Waals surface area contributed by atoms with Gasteiger partial charge in [0.15, 0.2) is 17.3 Å². The number of Topliss-reactive ketones (excluding diaryl/α,β-unsaturated/α-hetero) is 3. The van der Waals surface area contributed by atoms with Crippen molar-refractivity contribution in [1.82, 2.24) is 46.1 Å². The van der Waals surface area contributed by atoms with Crippen LogP contribution in [0.1, 0.15) is 154 Å². The fourth-order valence-electron chi connectivity index (χ4n) is 14.6. The fraction of sp³-hybridized carbons (Fsp3) is 0.620. The molecule has 0 aliphatic carbocycles. The highest BCUT2D eigenvalue weighted by Crippen LogP contribution is 2.49. The number of anilines is 1. The molecule has 1 aromatic heterocycles. The molecule has 2 fully saturated rings. The number of para-hydroxylation sites is 1. The van der Waals surface area contributed by atoms with E-state index in [2.05, 4.69) is 49.5 Å². The zero-order chi connectivity index (χ0) is 93.3. The Kier molecular flexibility index (Phi) is 46.0. The van der Waals surface area contributed by atoms with Crippen molar-refractivity contribution in [3.8, 4) is 0 Å². The number of benzene rings is 3. The van der Waals surface area contributed by atoms with Gasteiger partial charge in [-0.25, -0.2) is 24.2 Å². The van der Waals surface area contributed by atoms with Gasteiger partial charge in [-0.3, -0.25) is 44.3 Å². The number of fused-ring (bicyclic) bond motifs is 6. The third kappa shape index (κ3) is 35.6. The van der Waals surface area contributed by atoms with Gasteiger partial charge in [0, 0.05) is 136 Å². The molecule has 4 heterocycles. The molecule has 4 aromatic rings. The van der Waals surface area contributed by atoms with Gasteiger partial charge in [-0.15, -0.1) is 0 Å². The Morgan fingerprint density at radius 2 is 1.43 bits per heavy atom. The number of hydrogen-bond acceptors (Lipinski definition) is 25. The van der Waals surface area contributed by atoms with Gasteiger partial charge in [-0.05, 0) is 126 Å². The standard InChI is InChI=1S/C61H86ClN7O15.C31H52N4O8/c1-13-43(70)31-44(35(2)3)55(74)65-45(18-15-25-64-57(63)76)47(71)30-40-21-23-41(24-22-40)34-81-59(78)67(9)26-16-20-51(72)68(10)39(7)56(75)83-50-32-52(73)69(11)46-29-42(28-37(5)53(46)62)27-36(4)17-14-19-49(80-12)61(79)33-48(82-58(77)66-61)38(6)54-60(50,8)84-54;1-4-38-14-15-40-18-19-42-22-23-43-21-20-41-17-16-39-13-7-9-29(36)25-33-31(37)11-12-35-28(26-34(3)32-2)24-27-8-5-6-10-30(27)35/h14,17,19,21-24,28-29,35,38-39,44-45,48-50,54,79H,13,15-16,18,20,25-27,30-34H2,1-12H3,(H,65,74)(H,66,77)(H3,63,64,76);5-6,8,10,24,32H,4,7,9,11-23,25-26H2,1-3H3,(H,33,37)/b19-14+,36-17+;/t38-,39+,44+,45+,48+,49-,50+,54?,60+,61-;/m1./s1. The number of aliphatic hydroxyl groups is 1. The van der Waals surface area contributed by atoms with Gasteiger partial charge in [-0.2, -0.15) is 0 Å². The Morgan fingerprint density at radius 3 is 2.06 bits per heavy atom. The highest BCUT2D eigenvalue weighted by molar-refractivity contribution is 6.34. The molecule has 706 valence electrons. The second kappa shape index (κ2) is 54.9. The Balaban J connectivity index is 0.000000485. The van der Waals surface area contributed by atoms with E-state index >= 15 is 0 Å². The minimum absolute atomic E-state index is 0.00817. The summed E-state index contributed by atoms with van der Waals surface area (Å²) in [7, 11) is 9.82. The maximum Gasteiger partial charge on any atom is 0.409 e. The number of carbonyl (C=O) groups excluding carboxylic acids is 11. The summed E-state index contributed by atoms with van der Waals surface area (Å²) in [6.07, 6.45) is 2.27. The molecular weight excluding hydrogens is 1660 g/mol. The van der Waals surface area contributed by atoms with Crippen LogP contribution in [0.5, 0.6) is 0 Å². The van der Waals surface area contributed by atoms with Crippen molar-refractivity contribution < 1.29 is 110 Å². The van der Waals surface area contributed by atoms with Crippen LogP contribution in [0.3, 0.4) is 0 Å². The first-order valence-electron chi connectivity index (χ1n) is 43.9. The summed E-state index contributed by atoms with van der Waals surface area (Å²) in [6, 6.07) is 18.2. The number of ether oxygens (including phenoxy) is 11. The summed E-state index contributed by atoms with van der Waals surface area (Å²) < 4.78 is 64.0. The van der Waals surface area contributed by atoms with E-state index in [0.29, 0.717) is 153 Å². The van der Waals surface area contributed by atoms with Crippen molar-refractivity contribution in [1.29, 1.82) is 0 Å². The smallest absolute Gasteiger partial charge is 0.409 e. The molecule has 10 atom stereocenters. The summed E-state index contributed by atoms with van der Waals surface area (Å²) in [5.41, 5.74) is 11.6. The van der Waals surface area contributed by atoms with Crippen molar-refractivity contribution in [2.45, 2.75) is 213 Å². The molecule has 1 unspecified atom stereocenters. The number of nitrogens with zero attached hydrogens (tertiary/aromatic N) is 5. The van der Waals surface area contributed by atoms with Crippen LogP contribution in [0.2, 0.25) is 5.02 Å². The number of alkyl carbamates (subject to hydrolysis) is 1. The number of urea groups is 1. The van der Waals surface area contributed by atoms with Crippen LogP contribution in [0.15, 0.2) is 90.5 Å². The Morgan fingerprint density at radius 1 is 0.795 bits per heavy atom. The van der Waals surface area contributed by atoms with Crippen LogP contribution in [0.4, 0.5) is 20.1 Å². The molecule has 127 heavy (non-hydrogen) atoms. The number of methoxy groups -OCH3 is 1. The second-order valence-corrected chi connectivity index (χ2v) is 33.2. The number of likely N-dealkylation sites (N-methyl/N-ethyl adjacent to an activating group) is 1. The van der Waals surface area contributed by atoms with Gasteiger partial charge in [0.25, 0.3) is 0 Å². The predicted molar refractivity (Wildman–Crippen MR) is 478 cm³/mol. The predicted octanol–water partition coefficient (Wildman–Crippen LogP) is 8.73. The molecule has 0 radical (unpaired) electrons. The van der Waals surface area contributed by atoms with Gasteiger partial charge in [-0.1, -0.05) is 112 Å². The summed E-state index contributed by atoms with van der Waals surface area (Å²) in [5.74, 6) is -3.90. The number of allylic oxidation sites excluding steroid dienone is 3. The van der Waals surface area contributed by atoms with E-state index in [1.165, 1.54) is 42.8 Å². The maximum atomic E-state index is 14.4. The van der Waals surface area contributed by atoms with E-state index in [1.807, 2.05) is 84.1 Å². The Labute approximate surface area is 752 Å². The first-order chi connectivity index (χ1) is 60.6. The van der Waals surface area contributed by atoms with Crippen molar-refractivity contribution in [2.24, 2.45) is 23.5 Å². The number of epoxide rings is 1. The lowest BCUT2D eigenvalue weighted by Crippen LogP contribution is -2.63. The van der Waals surface area contributed by atoms with Crippen molar-refractivity contribution >= 4 is 93.4 Å². The number of aryl methyl sites for hydroxylation is 2. The number of halogens is 1. The summed E-state index contributed by atoms with van der Waals surface area (Å²) in [6.45, 7) is 24.0. The average Bonchev–Trinajstić information content (AvgIpc) is 1.57. The van der Waals surface area contributed by atoms with E-state index in [0.717, 1.165) is 33.3 Å². The number of amides is 8. The van der Waals surface area contributed by atoms with Crippen LogP contribution in [-0.4, -0.2) is 279 Å². The quantitative estimate of drug-likeness (QED) is 0.00714. The molecular formula is C92H138ClN11O23. The number of esters is 1. The van der Waals surface area contributed by atoms with Crippen LogP contribution in [0.25, 0.3) is 10.9 Å². The minimum atomic E-state index is -1.88. The maximum absolute atomic E-state index is 14.4. The molecule has 8 amide bonds. The fourth-order valence-corrected chi connectivity index (χ4v) is 14.9. The number of nitrogens with one attached hydrogen (secondary N) is 5. The highest BCUT2D eigenvalue weighted by atomic mass is 35.5. The van der Waals surface area contributed by atoms with Gasteiger partial charge < -0.3 is 98.2 Å². The zero-order valence-corrected chi connectivity index (χ0v) is 77.6. The molecule has 0 spiro atoms. The van der Waals surface area contributed by atoms with E-state index in [-0.39, 0.29) is 100 Å². The van der Waals surface area contributed by atoms with E-state index in [9.17, 15) is 57.8 Å². The average molecular weight is 1800 g/mol. The molecule has 34 nitrogen and oxygen atoms in total. The topological polar surface area (TPSA) is 417 Å².